The third-order valence-corrected chi connectivity index (χ3v) is 2.22. The molecule has 0 aliphatic rings. The Bertz CT molecular complexity index is 406. The molecule has 0 atom stereocenters. The first-order valence-corrected chi connectivity index (χ1v) is 5.54. The van der Waals surface area contributed by atoms with Crippen LogP contribution in [0.2, 0.25) is 0 Å². The first kappa shape index (κ1) is 13.3. The van der Waals surface area contributed by atoms with Crippen molar-refractivity contribution in [2.45, 2.75) is 26.4 Å². The largest absolute Gasteiger partial charge is 0.480 e. The third kappa shape index (κ3) is 4.70. The molecule has 0 fully saturated rings. The fraction of sp³-hybridized carbons (Fsp3) is 0.500. The molecule has 1 aromatic rings. The van der Waals surface area contributed by atoms with Gasteiger partial charge in [-0.25, -0.2) is 0 Å². The molecule has 1 N–H and O–H groups in total. The van der Waals surface area contributed by atoms with Crippen molar-refractivity contribution in [3.63, 3.8) is 0 Å². The summed E-state index contributed by atoms with van der Waals surface area (Å²) < 4.78 is 1.85. The van der Waals surface area contributed by atoms with E-state index in [-0.39, 0.29) is 6.54 Å². The van der Waals surface area contributed by atoms with Crippen LogP contribution in [0, 0.1) is 12.3 Å². The molecule has 5 nitrogen and oxygen atoms in total. The SMILES string of the molecule is C#CCN(CC(=O)O)Cc1cnn(CCC)c1. The summed E-state index contributed by atoms with van der Waals surface area (Å²) in [6.45, 7) is 3.74. The Morgan fingerprint density at radius 2 is 2.47 bits per heavy atom. The van der Waals surface area contributed by atoms with E-state index in [0.29, 0.717) is 13.1 Å². The second-order valence-corrected chi connectivity index (χ2v) is 3.85. The maximum absolute atomic E-state index is 10.7. The highest BCUT2D eigenvalue weighted by molar-refractivity contribution is 5.69. The lowest BCUT2D eigenvalue weighted by Gasteiger charge is -2.15. The number of carboxylic acids is 1. The molecule has 0 amide bonds. The molecular formula is C12H17N3O2. The number of carboxylic acid groups (broad SMARTS) is 1. The minimum atomic E-state index is -0.874. The van der Waals surface area contributed by atoms with Crippen LogP contribution in [0.5, 0.6) is 0 Å². The normalized spacial score (nSPS) is 10.4. The Kier molecular flexibility index (Phi) is 5.24. The van der Waals surface area contributed by atoms with Gasteiger partial charge >= 0.3 is 5.97 Å². The monoisotopic (exact) mass is 235 g/mol. The zero-order chi connectivity index (χ0) is 12.7. The van der Waals surface area contributed by atoms with E-state index in [1.807, 2.05) is 10.9 Å². The zero-order valence-corrected chi connectivity index (χ0v) is 9.96. The number of carbonyl (C=O) groups is 1. The summed E-state index contributed by atoms with van der Waals surface area (Å²) >= 11 is 0. The van der Waals surface area contributed by atoms with Crippen molar-refractivity contribution in [2.24, 2.45) is 0 Å². The Hall–Kier alpha value is -1.80. The maximum Gasteiger partial charge on any atom is 0.317 e. The number of hydrogen-bond donors (Lipinski definition) is 1. The van der Waals surface area contributed by atoms with Crippen LogP contribution < -0.4 is 0 Å². The van der Waals surface area contributed by atoms with Gasteiger partial charge in [-0.3, -0.25) is 14.4 Å². The van der Waals surface area contributed by atoms with Crippen molar-refractivity contribution >= 4 is 5.97 Å². The van der Waals surface area contributed by atoms with Gasteiger partial charge in [0.05, 0.1) is 19.3 Å². The Balaban J connectivity index is 2.58. The Morgan fingerprint density at radius 1 is 1.71 bits per heavy atom. The van der Waals surface area contributed by atoms with Crippen LogP contribution in [0.3, 0.4) is 0 Å². The fourth-order valence-electron chi connectivity index (χ4n) is 1.59. The van der Waals surface area contributed by atoms with Crippen molar-refractivity contribution in [1.82, 2.24) is 14.7 Å². The van der Waals surface area contributed by atoms with Gasteiger partial charge in [-0.2, -0.15) is 5.10 Å². The van der Waals surface area contributed by atoms with E-state index >= 15 is 0 Å². The van der Waals surface area contributed by atoms with Crippen molar-refractivity contribution < 1.29 is 9.90 Å². The molecule has 0 saturated heterocycles. The van der Waals surface area contributed by atoms with E-state index < -0.39 is 5.97 Å². The Labute approximate surface area is 101 Å². The van der Waals surface area contributed by atoms with Gasteiger partial charge in [0.15, 0.2) is 0 Å². The number of aromatic nitrogens is 2. The van der Waals surface area contributed by atoms with E-state index in [4.69, 9.17) is 11.5 Å². The van der Waals surface area contributed by atoms with E-state index in [9.17, 15) is 4.79 Å². The first-order valence-electron chi connectivity index (χ1n) is 5.54. The standard InChI is InChI=1S/C12H17N3O2/c1-3-5-14(10-12(16)17)8-11-7-13-15(9-11)6-4-2/h1,7,9H,4-6,8,10H2,2H3,(H,16,17). The molecule has 0 aromatic carbocycles. The van der Waals surface area contributed by atoms with Gasteiger partial charge in [-0.05, 0) is 6.42 Å². The van der Waals surface area contributed by atoms with Crippen molar-refractivity contribution in [1.29, 1.82) is 0 Å². The number of rotatable bonds is 7. The van der Waals surface area contributed by atoms with Crippen molar-refractivity contribution in [2.75, 3.05) is 13.1 Å². The molecule has 0 bridgehead atoms. The van der Waals surface area contributed by atoms with Crippen LogP contribution in [-0.2, 0) is 17.9 Å². The predicted octanol–water partition coefficient (Wildman–Crippen LogP) is 0.813. The average Bonchev–Trinajstić information content (AvgIpc) is 2.65. The van der Waals surface area contributed by atoms with Crippen LogP contribution in [0.15, 0.2) is 12.4 Å². The lowest BCUT2D eigenvalue weighted by atomic mass is 10.3. The summed E-state index contributed by atoms with van der Waals surface area (Å²) in [6, 6.07) is 0. The minimum Gasteiger partial charge on any atom is -0.480 e. The van der Waals surface area contributed by atoms with E-state index in [0.717, 1.165) is 18.5 Å². The lowest BCUT2D eigenvalue weighted by molar-refractivity contribution is -0.138. The topological polar surface area (TPSA) is 58.4 Å². The third-order valence-electron chi connectivity index (χ3n) is 2.22. The summed E-state index contributed by atoms with van der Waals surface area (Å²) in [7, 11) is 0. The summed E-state index contributed by atoms with van der Waals surface area (Å²) in [5.41, 5.74) is 0.981. The molecule has 0 saturated carbocycles. The quantitative estimate of drug-likeness (QED) is 0.711. The van der Waals surface area contributed by atoms with E-state index in [1.54, 1.807) is 11.1 Å². The molecular weight excluding hydrogens is 218 g/mol. The number of aryl methyl sites for hydroxylation is 1. The van der Waals surface area contributed by atoms with Gasteiger partial charge in [0, 0.05) is 24.8 Å². The molecule has 5 heteroatoms. The Morgan fingerprint density at radius 3 is 3.06 bits per heavy atom. The van der Waals surface area contributed by atoms with Crippen LogP contribution in [0.25, 0.3) is 0 Å². The smallest absolute Gasteiger partial charge is 0.317 e. The van der Waals surface area contributed by atoms with Gasteiger partial charge in [-0.15, -0.1) is 6.42 Å². The van der Waals surface area contributed by atoms with Crippen LogP contribution in [0.1, 0.15) is 18.9 Å². The average molecular weight is 235 g/mol. The van der Waals surface area contributed by atoms with Gasteiger partial charge in [0.25, 0.3) is 0 Å². The van der Waals surface area contributed by atoms with Crippen molar-refractivity contribution in [3.8, 4) is 12.3 Å². The number of hydrogen-bond acceptors (Lipinski definition) is 3. The van der Waals surface area contributed by atoms with Crippen LogP contribution >= 0.6 is 0 Å². The van der Waals surface area contributed by atoms with Gasteiger partial charge in [-0.1, -0.05) is 12.8 Å². The van der Waals surface area contributed by atoms with Crippen molar-refractivity contribution in [3.05, 3.63) is 18.0 Å². The van der Waals surface area contributed by atoms with Crippen LogP contribution in [0.4, 0.5) is 0 Å². The van der Waals surface area contributed by atoms with Gasteiger partial charge in [0.1, 0.15) is 0 Å². The zero-order valence-electron chi connectivity index (χ0n) is 9.96. The second kappa shape index (κ2) is 6.71. The van der Waals surface area contributed by atoms with Gasteiger partial charge in [0.2, 0.25) is 0 Å². The lowest BCUT2D eigenvalue weighted by Crippen LogP contribution is -2.29. The predicted molar refractivity (Wildman–Crippen MR) is 64.3 cm³/mol. The summed E-state index contributed by atoms with van der Waals surface area (Å²) in [4.78, 5) is 12.3. The molecule has 17 heavy (non-hydrogen) atoms. The molecule has 0 unspecified atom stereocenters. The van der Waals surface area contributed by atoms with E-state index in [2.05, 4.69) is 17.9 Å². The summed E-state index contributed by atoms with van der Waals surface area (Å²) in [5, 5.41) is 12.9. The molecule has 1 rings (SSSR count). The molecule has 0 aliphatic heterocycles. The van der Waals surface area contributed by atoms with Gasteiger partial charge < -0.3 is 5.11 Å². The second-order valence-electron chi connectivity index (χ2n) is 3.85. The number of terminal acetylenes is 1. The molecule has 0 radical (unpaired) electrons. The number of aliphatic carboxylic acids is 1. The number of nitrogens with zero attached hydrogens (tertiary/aromatic N) is 3. The highest BCUT2D eigenvalue weighted by Crippen LogP contribution is 2.04. The first-order chi connectivity index (χ1) is 8.15. The molecule has 1 aromatic heterocycles. The highest BCUT2D eigenvalue weighted by Gasteiger charge is 2.10. The molecule has 0 aliphatic carbocycles. The van der Waals surface area contributed by atoms with E-state index in [1.165, 1.54) is 0 Å². The summed E-state index contributed by atoms with van der Waals surface area (Å²) in [5.74, 6) is 1.59. The maximum atomic E-state index is 10.7. The fourth-order valence-corrected chi connectivity index (χ4v) is 1.59. The molecule has 92 valence electrons. The molecule has 1 heterocycles. The molecule has 0 spiro atoms. The van der Waals surface area contributed by atoms with Crippen LogP contribution in [-0.4, -0.2) is 38.8 Å². The summed E-state index contributed by atoms with van der Waals surface area (Å²) in [6.07, 6.45) is 9.90. The minimum absolute atomic E-state index is 0.0524. The highest BCUT2D eigenvalue weighted by atomic mass is 16.4.